The van der Waals surface area contributed by atoms with Crippen LogP contribution in [0.4, 0.5) is 5.69 Å². The van der Waals surface area contributed by atoms with E-state index in [2.05, 4.69) is 46.9 Å². The molecule has 108 valence electrons. The number of nitrogens with two attached hydrogens (primary N) is 1. The van der Waals surface area contributed by atoms with Crippen molar-refractivity contribution < 1.29 is 4.42 Å². The van der Waals surface area contributed by atoms with Gasteiger partial charge in [0.2, 0.25) is 5.89 Å². The van der Waals surface area contributed by atoms with Gasteiger partial charge in [0.15, 0.2) is 5.58 Å². The van der Waals surface area contributed by atoms with Crippen molar-refractivity contribution in [1.29, 1.82) is 0 Å². The van der Waals surface area contributed by atoms with Gasteiger partial charge in [0.1, 0.15) is 5.52 Å². The molecule has 1 heterocycles. The SMILES string of the molecule is CC(C)c1cc(Br)c2oc(-c3ccc(N)c(Cl)c3)nc2c1. The maximum absolute atomic E-state index is 6.06. The van der Waals surface area contributed by atoms with Gasteiger partial charge in [0.05, 0.1) is 15.2 Å². The van der Waals surface area contributed by atoms with E-state index in [1.807, 2.05) is 6.07 Å². The van der Waals surface area contributed by atoms with E-state index in [9.17, 15) is 0 Å². The van der Waals surface area contributed by atoms with Crippen molar-refractivity contribution in [3.63, 3.8) is 0 Å². The van der Waals surface area contributed by atoms with Crippen molar-refractivity contribution >= 4 is 44.3 Å². The van der Waals surface area contributed by atoms with Crippen LogP contribution < -0.4 is 5.73 Å². The summed E-state index contributed by atoms with van der Waals surface area (Å²) >= 11 is 9.60. The number of oxazole rings is 1. The maximum atomic E-state index is 6.06. The Morgan fingerprint density at radius 3 is 2.67 bits per heavy atom. The molecule has 0 spiro atoms. The summed E-state index contributed by atoms with van der Waals surface area (Å²) in [7, 11) is 0. The number of nitrogens with zero attached hydrogens (tertiary/aromatic N) is 1. The zero-order chi connectivity index (χ0) is 15.1. The Morgan fingerprint density at radius 1 is 1.24 bits per heavy atom. The lowest BCUT2D eigenvalue weighted by Gasteiger charge is -2.04. The standard InChI is InChI=1S/C16H14BrClN2O/c1-8(2)10-5-11(17)15-14(7-10)20-16(21-15)9-3-4-13(19)12(18)6-9/h3-8H,19H2,1-2H3. The van der Waals surface area contributed by atoms with Gasteiger partial charge in [0, 0.05) is 5.56 Å². The zero-order valence-corrected chi connectivity index (χ0v) is 14.0. The molecule has 0 bridgehead atoms. The van der Waals surface area contributed by atoms with E-state index in [0.717, 1.165) is 21.1 Å². The second-order valence-electron chi connectivity index (χ2n) is 5.26. The van der Waals surface area contributed by atoms with Gasteiger partial charge in [-0.15, -0.1) is 0 Å². The molecule has 0 saturated carbocycles. The summed E-state index contributed by atoms with van der Waals surface area (Å²) in [5, 5.41) is 0.497. The molecule has 3 nitrogen and oxygen atoms in total. The Hall–Kier alpha value is -1.52. The molecule has 0 aliphatic heterocycles. The van der Waals surface area contributed by atoms with Crippen LogP contribution in [0.15, 0.2) is 39.2 Å². The van der Waals surface area contributed by atoms with Crippen molar-refractivity contribution in [3.8, 4) is 11.5 Å². The molecule has 21 heavy (non-hydrogen) atoms. The number of halogens is 2. The third-order valence-electron chi connectivity index (χ3n) is 3.38. The summed E-state index contributed by atoms with van der Waals surface area (Å²) in [5.41, 5.74) is 9.86. The molecule has 2 aromatic carbocycles. The highest BCUT2D eigenvalue weighted by Gasteiger charge is 2.14. The Morgan fingerprint density at radius 2 is 2.00 bits per heavy atom. The lowest BCUT2D eigenvalue weighted by atomic mass is 10.0. The summed E-state index contributed by atoms with van der Waals surface area (Å²) in [4.78, 5) is 4.56. The van der Waals surface area contributed by atoms with Gasteiger partial charge in [-0.2, -0.15) is 0 Å². The van der Waals surface area contributed by atoms with Crippen molar-refractivity contribution in [3.05, 3.63) is 45.4 Å². The van der Waals surface area contributed by atoms with Gasteiger partial charge in [-0.3, -0.25) is 0 Å². The molecular weight excluding hydrogens is 352 g/mol. The van der Waals surface area contributed by atoms with E-state index in [1.165, 1.54) is 5.56 Å². The number of rotatable bonds is 2. The largest absolute Gasteiger partial charge is 0.435 e. The van der Waals surface area contributed by atoms with Crippen molar-refractivity contribution in [1.82, 2.24) is 4.98 Å². The first-order valence-electron chi connectivity index (χ1n) is 6.61. The van der Waals surface area contributed by atoms with Crippen LogP contribution in [0.3, 0.4) is 0 Å². The molecule has 3 aromatic rings. The van der Waals surface area contributed by atoms with E-state index in [-0.39, 0.29) is 0 Å². The van der Waals surface area contributed by atoms with Crippen molar-refractivity contribution in [2.75, 3.05) is 5.73 Å². The molecule has 0 aliphatic rings. The van der Waals surface area contributed by atoms with Crippen LogP contribution >= 0.6 is 27.5 Å². The summed E-state index contributed by atoms with van der Waals surface area (Å²) in [5.74, 6) is 0.963. The summed E-state index contributed by atoms with van der Waals surface area (Å²) in [6.07, 6.45) is 0. The monoisotopic (exact) mass is 364 g/mol. The van der Waals surface area contributed by atoms with Gasteiger partial charge in [0.25, 0.3) is 0 Å². The number of aromatic nitrogens is 1. The minimum Gasteiger partial charge on any atom is -0.435 e. The Balaban J connectivity index is 2.16. The number of nitrogen functional groups attached to an aromatic ring is 1. The predicted octanol–water partition coefficient (Wildman–Crippen LogP) is 5.62. The third-order valence-corrected chi connectivity index (χ3v) is 4.30. The van der Waals surface area contributed by atoms with Gasteiger partial charge in [-0.05, 0) is 57.7 Å². The number of anilines is 1. The molecule has 0 fully saturated rings. The number of benzene rings is 2. The zero-order valence-electron chi connectivity index (χ0n) is 11.7. The molecule has 1 aromatic heterocycles. The molecule has 0 atom stereocenters. The Labute approximate surface area is 136 Å². The highest BCUT2D eigenvalue weighted by atomic mass is 79.9. The first-order valence-corrected chi connectivity index (χ1v) is 7.78. The van der Waals surface area contributed by atoms with Crippen LogP contribution in [-0.2, 0) is 0 Å². The van der Waals surface area contributed by atoms with Crippen LogP contribution in [0.2, 0.25) is 5.02 Å². The van der Waals surface area contributed by atoms with E-state index in [4.69, 9.17) is 21.8 Å². The molecule has 3 rings (SSSR count). The normalized spacial score (nSPS) is 11.5. The number of fused-ring (bicyclic) bond motifs is 1. The minimum atomic E-state index is 0.428. The lowest BCUT2D eigenvalue weighted by Crippen LogP contribution is -1.87. The second-order valence-corrected chi connectivity index (χ2v) is 6.52. The second kappa shape index (κ2) is 5.35. The molecule has 0 radical (unpaired) electrons. The van der Waals surface area contributed by atoms with Crippen molar-refractivity contribution in [2.24, 2.45) is 0 Å². The topological polar surface area (TPSA) is 52.0 Å². The molecule has 5 heteroatoms. The van der Waals surface area contributed by atoms with Gasteiger partial charge in [-0.1, -0.05) is 25.4 Å². The summed E-state index contributed by atoms with van der Waals surface area (Å²) in [6, 6.07) is 9.48. The highest BCUT2D eigenvalue weighted by Crippen LogP contribution is 2.34. The first kappa shape index (κ1) is 14.4. The molecular formula is C16H14BrClN2O. The lowest BCUT2D eigenvalue weighted by molar-refractivity contribution is 0.618. The molecule has 0 unspecified atom stereocenters. The predicted molar refractivity (Wildman–Crippen MR) is 90.7 cm³/mol. The van der Waals surface area contributed by atoms with E-state index in [0.29, 0.717) is 22.5 Å². The Bertz CT molecular complexity index is 827. The smallest absolute Gasteiger partial charge is 0.227 e. The average Bonchev–Trinajstić information content (AvgIpc) is 2.86. The van der Waals surface area contributed by atoms with Crippen LogP contribution in [0.5, 0.6) is 0 Å². The molecule has 0 amide bonds. The molecule has 0 aliphatic carbocycles. The van der Waals surface area contributed by atoms with Crippen LogP contribution in [-0.4, -0.2) is 4.98 Å². The van der Waals surface area contributed by atoms with Gasteiger partial charge < -0.3 is 10.2 Å². The quantitative estimate of drug-likeness (QED) is 0.600. The highest BCUT2D eigenvalue weighted by molar-refractivity contribution is 9.10. The Kier molecular flexibility index (Phi) is 3.68. The summed E-state index contributed by atoms with van der Waals surface area (Å²) < 4.78 is 6.76. The number of hydrogen-bond donors (Lipinski definition) is 1. The van der Waals surface area contributed by atoms with Gasteiger partial charge in [-0.25, -0.2) is 4.98 Å². The van der Waals surface area contributed by atoms with Crippen molar-refractivity contribution in [2.45, 2.75) is 19.8 Å². The van der Waals surface area contributed by atoms with Crippen LogP contribution in [0.25, 0.3) is 22.6 Å². The number of hydrogen-bond acceptors (Lipinski definition) is 3. The average molecular weight is 366 g/mol. The third kappa shape index (κ3) is 2.65. The van der Waals surface area contributed by atoms with Crippen LogP contribution in [0, 0.1) is 0 Å². The van der Waals surface area contributed by atoms with Crippen LogP contribution in [0.1, 0.15) is 25.3 Å². The summed E-state index contributed by atoms with van der Waals surface area (Å²) in [6.45, 7) is 4.29. The van der Waals surface area contributed by atoms with E-state index < -0.39 is 0 Å². The minimum absolute atomic E-state index is 0.428. The first-order chi connectivity index (χ1) is 9.95. The van der Waals surface area contributed by atoms with E-state index >= 15 is 0 Å². The fraction of sp³-hybridized carbons (Fsp3) is 0.188. The van der Waals surface area contributed by atoms with Gasteiger partial charge >= 0.3 is 0 Å². The fourth-order valence-corrected chi connectivity index (χ4v) is 2.86. The molecule has 0 saturated heterocycles. The molecule has 2 N–H and O–H groups in total. The maximum Gasteiger partial charge on any atom is 0.227 e. The van der Waals surface area contributed by atoms with E-state index in [1.54, 1.807) is 12.1 Å². The fourth-order valence-electron chi connectivity index (χ4n) is 2.13.